The number of ether oxygens (including phenoxy) is 1. The zero-order chi connectivity index (χ0) is 18.1. The van der Waals surface area contributed by atoms with Gasteiger partial charge in [0.2, 0.25) is 5.91 Å². The first kappa shape index (κ1) is 16.3. The van der Waals surface area contributed by atoms with Gasteiger partial charge < -0.3 is 9.72 Å². The predicted molar refractivity (Wildman–Crippen MR) is 101 cm³/mol. The Kier molecular flexibility index (Phi) is 3.95. The molecule has 132 valence electrons. The molecule has 1 amide bonds. The van der Waals surface area contributed by atoms with Gasteiger partial charge in [-0.15, -0.1) is 0 Å². The summed E-state index contributed by atoms with van der Waals surface area (Å²) < 4.78 is 5.20. The van der Waals surface area contributed by atoms with E-state index in [4.69, 9.17) is 4.74 Å². The highest BCUT2D eigenvalue weighted by atomic mass is 16.5. The molecule has 1 unspecified atom stereocenters. The summed E-state index contributed by atoms with van der Waals surface area (Å²) in [6.07, 6.45) is 3.04. The summed E-state index contributed by atoms with van der Waals surface area (Å²) >= 11 is 0. The first-order valence-corrected chi connectivity index (χ1v) is 8.61. The van der Waals surface area contributed by atoms with Crippen LogP contribution >= 0.6 is 0 Å². The molecule has 6 nitrogen and oxygen atoms in total. The average molecular weight is 348 g/mol. The minimum atomic E-state index is -0.373. The van der Waals surface area contributed by atoms with Gasteiger partial charge in [-0.05, 0) is 48.4 Å². The second-order valence-electron chi connectivity index (χ2n) is 6.53. The van der Waals surface area contributed by atoms with E-state index in [2.05, 4.69) is 33.5 Å². The Bertz CT molecular complexity index is 991. The topological polar surface area (TPSA) is 79.4 Å². The van der Waals surface area contributed by atoms with Crippen molar-refractivity contribution in [3.05, 3.63) is 48.0 Å². The van der Waals surface area contributed by atoms with Crippen molar-refractivity contribution in [2.75, 3.05) is 7.11 Å². The number of H-pyrrole nitrogens is 1. The second kappa shape index (κ2) is 6.29. The Balaban J connectivity index is 1.74. The van der Waals surface area contributed by atoms with Crippen molar-refractivity contribution in [3.8, 4) is 17.1 Å². The Labute approximate surface area is 151 Å². The van der Waals surface area contributed by atoms with E-state index in [-0.39, 0.29) is 11.3 Å². The van der Waals surface area contributed by atoms with Crippen LogP contribution in [-0.2, 0) is 10.2 Å². The normalized spacial score (nSPS) is 19.5. The van der Waals surface area contributed by atoms with E-state index >= 15 is 0 Å². The van der Waals surface area contributed by atoms with Crippen LogP contribution in [0.2, 0.25) is 0 Å². The summed E-state index contributed by atoms with van der Waals surface area (Å²) in [4.78, 5) is 19.9. The van der Waals surface area contributed by atoms with Gasteiger partial charge in [0.1, 0.15) is 11.6 Å². The van der Waals surface area contributed by atoms with Crippen LogP contribution in [0.1, 0.15) is 25.3 Å². The monoisotopic (exact) mass is 348 g/mol. The number of nitrogens with one attached hydrogen (secondary N) is 2. The summed E-state index contributed by atoms with van der Waals surface area (Å²) in [5.74, 6) is 1.56. The fourth-order valence-corrected chi connectivity index (χ4v) is 3.40. The van der Waals surface area contributed by atoms with Gasteiger partial charge in [0.05, 0.1) is 18.1 Å². The number of aromatic nitrogens is 2. The maximum Gasteiger partial charge on any atom is 0.241 e. The van der Waals surface area contributed by atoms with Crippen LogP contribution in [0.5, 0.6) is 5.75 Å². The quantitative estimate of drug-likeness (QED) is 0.758. The van der Waals surface area contributed by atoms with Gasteiger partial charge in [0.25, 0.3) is 0 Å². The standard InChI is InChI=1S/C20H20N4O2/c1-3-20(11-18(25)24-21-12-20)14-6-9-16-17(10-14)23-19(22-16)13-4-7-15(26-2)8-5-13/h4-10,12H,3,11H2,1-2H3,(H,22,23)(H,24,25). The lowest BCUT2D eigenvalue weighted by Crippen LogP contribution is -2.39. The van der Waals surface area contributed by atoms with Crippen molar-refractivity contribution in [2.24, 2.45) is 5.10 Å². The molecule has 1 atom stereocenters. The molecule has 4 rings (SSSR count). The first-order valence-electron chi connectivity index (χ1n) is 8.61. The SMILES string of the molecule is CCC1(c2ccc3nc(-c4ccc(OC)cc4)[nH]c3c2)C=NNC(=O)C1. The number of benzene rings is 2. The number of nitrogens with zero attached hydrogens (tertiary/aromatic N) is 2. The molecule has 0 spiro atoms. The molecule has 6 heteroatoms. The van der Waals surface area contributed by atoms with E-state index in [1.807, 2.05) is 42.6 Å². The van der Waals surface area contributed by atoms with Crippen LogP contribution in [0.25, 0.3) is 22.4 Å². The number of hydrogen-bond donors (Lipinski definition) is 2. The second-order valence-corrected chi connectivity index (χ2v) is 6.53. The van der Waals surface area contributed by atoms with Crippen molar-refractivity contribution >= 4 is 23.2 Å². The number of imidazole rings is 1. The number of hydrogen-bond acceptors (Lipinski definition) is 4. The van der Waals surface area contributed by atoms with Crippen molar-refractivity contribution in [2.45, 2.75) is 25.2 Å². The van der Waals surface area contributed by atoms with Gasteiger partial charge in [0, 0.05) is 23.6 Å². The molecule has 1 aliphatic rings. The van der Waals surface area contributed by atoms with Gasteiger partial charge >= 0.3 is 0 Å². The minimum absolute atomic E-state index is 0.0574. The number of fused-ring (bicyclic) bond motifs is 1. The summed E-state index contributed by atoms with van der Waals surface area (Å²) in [5, 5.41) is 4.05. The van der Waals surface area contributed by atoms with Crippen molar-refractivity contribution in [3.63, 3.8) is 0 Å². The van der Waals surface area contributed by atoms with E-state index < -0.39 is 0 Å². The zero-order valence-corrected chi connectivity index (χ0v) is 14.7. The highest BCUT2D eigenvalue weighted by Gasteiger charge is 2.34. The number of methoxy groups -OCH3 is 1. The van der Waals surface area contributed by atoms with Gasteiger partial charge in [-0.25, -0.2) is 10.4 Å². The Morgan fingerprint density at radius 1 is 1.19 bits per heavy atom. The number of carbonyl (C=O) groups excluding carboxylic acids is 1. The van der Waals surface area contributed by atoms with Crippen LogP contribution in [0.15, 0.2) is 47.6 Å². The molecule has 0 saturated carbocycles. The Hall–Kier alpha value is -3.15. The molecule has 0 radical (unpaired) electrons. The zero-order valence-electron chi connectivity index (χ0n) is 14.7. The third-order valence-electron chi connectivity index (χ3n) is 5.03. The molecule has 1 aliphatic heterocycles. The van der Waals surface area contributed by atoms with Crippen molar-refractivity contribution < 1.29 is 9.53 Å². The maximum atomic E-state index is 11.9. The number of carbonyl (C=O) groups is 1. The molecule has 26 heavy (non-hydrogen) atoms. The fraction of sp³-hybridized carbons (Fsp3) is 0.250. The number of aromatic amines is 1. The molecule has 2 aromatic carbocycles. The lowest BCUT2D eigenvalue weighted by atomic mass is 9.75. The lowest BCUT2D eigenvalue weighted by molar-refractivity contribution is -0.122. The van der Waals surface area contributed by atoms with E-state index in [0.29, 0.717) is 6.42 Å². The van der Waals surface area contributed by atoms with Crippen LogP contribution in [0.3, 0.4) is 0 Å². The molecule has 0 saturated heterocycles. The van der Waals surface area contributed by atoms with Gasteiger partial charge in [-0.3, -0.25) is 4.79 Å². The molecular formula is C20H20N4O2. The van der Waals surface area contributed by atoms with Gasteiger partial charge in [-0.1, -0.05) is 13.0 Å². The smallest absolute Gasteiger partial charge is 0.241 e. The van der Waals surface area contributed by atoms with Crippen LogP contribution in [-0.4, -0.2) is 29.2 Å². The third-order valence-corrected chi connectivity index (χ3v) is 5.03. The predicted octanol–water partition coefficient (Wildman–Crippen LogP) is 3.39. The molecule has 1 aromatic heterocycles. The molecular weight excluding hydrogens is 328 g/mol. The van der Waals surface area contributed by atoms with Gasteiger partial charge in [-0.2, -0.15) is 5.10 Å². The highest BCUT2D eigenvalue weighted by molar-refractivity contribution is 5.90. The minimum Gasteiger partial charge on any atom is -0.497 e. The molecule has 0 fully saturated rings. The summed E-state index contributed by atoms with van der Waals surface area (Å²) in [6.45, 7) is 2.07. The third kappa shape index (κ3) is 2.73. The maximum absolute atomic E-state index is 11.9. The fourth-order valence-electron chi connectivity index (χ4n) is 3.40. The lowest BCUT2D eigenvalue weighted by Gasteiger charge is -2.30. The van der Waals surface area contributed by atoms with E-state index in [1.165, 1.54) is 0 Å². The number of hydrazone groups is 1. The average Bonchev–Trinajstić information content (AvgIpc) is 3.11. The van der Waals surface area contributed by atoms with Crippen molar-refractivity contribution in [1.29, 1.82) is 0 Å². The molecule has 0 aliphatic carbocycles. The molecule has 2 heterocycles. The van der Waals surface area contributed by atoms with Crippen molar-refractivity contribution in [1.82, 2.24) is 15.4 Å². The summed E-state index contributed by atoms with van der Waals surface area (Å²) in [5.41, 5.74) is 6.04. The van der Waals surface area contributed by atoms with Gasteiger partial charge in [0.15, 0.2) is 0 Å². The van der Waals surface area contributed by atoms with Crippen LogP contribution < -0.4 is 10.2 Å². The Morgan fingerprint density at radius 3 is 2.69 bits per heavy atom. The largest absolute Gasteiger partial charge is 0.497 e. The van der Waals surface area contributed by atoms with E-state index in [9.17, 15) is 4.79 Å². The van der Waals surface area contributed by atoms with Crippen LogP contribution in [0, 0.1) is 0 Å². The number of amides is 1. The van der Waals surface area contributed by atoms with E-state index in [1.54, 1.807) is 7.11 Å². The molecule has 0 bridgehead atoms. The Morgan fingerprint density at radius 2 is 2.00 bits per heavy atom. The molecule has 3 aromatic rings. The van der Waals surface area contributed by atoms with Crippen LogP contribution in [0.4, 0.5) is 0 Å². The molecule has 2 N–H and O–H groups in total. The first-order chi connectivity index (χ1) is 12.6. The highest BCUT2D eigenvalue weighted by Crippen LogP contribution is 2.33. The number of rotatable bonds is 4. The van der Waals surface area contributed by atoms with E-state index in [0.717, 1.165) is 40.2 Å². The summed E-state index contributed by atoms with van der Waals surface area (Å²) in [7, 11) is 1.65. The summed E-state index contributed by atoms with van der Waals surface area (Å²) in [6, 6.07) is 13.9.